The largest absolute Gasteiger partial charge is 0.477 e. The van der Waals surface area contributed by atoms with Crippen molar-refractivity contribution < 1.29 is 9.90 Å². The van der Waals surface area contributed by atoms with E-state index in [1.165, 1.54) is 6.42 Å². The predicted molar refractivity (Wildman–Crippen MR) is 79.2 cm³/mol. The molecule has 1 aliphatic rings. The number of fused-ring (bicyclic) bond motifs is 1. The molecule has 1 fully saturated rings. The van der Waals surface area contributed by atoms with Gasteiger partial charge >= 0.3 is 5.97 Å². The van der Waals surface area contributed by atoms with Crippen molar-refractivity contribution >= 4 is 22.6 Å². The summed E-state index contributed by atoms with van der Waals surface area (Å²) < 4.78 is 0. The average Bonchev–Trinajstić information content (AvgIpc) is 2.42. The van der Waals surface area contributed by atoms with Crippen molar-refractivity contribution in [1.82, 2.24) is 4.98 Å². The minimum absolute atomic E-state index is 0.0942. The standard InChI is InChI=1S/C16H18N2O2/c1-2-16(8-5-9-16)18-13-10-14(15(19)20)17-12-7-4-3-6-11(12)13/h3-4,6-7,10H,2,5,8-9H2,1H3,(H,17,18)(H,19,20). The Kier molecular flexibility index (Phi) is 3.08. The summed E-state index contributed by atoms with van der Waals surface area (Å²) in [6.07, 6.45) is 4.56. The van der Waals surface area contributed by atoms with Gasteiger partial charge in [-0.05, 0) is 37.8 Å². The van der Waals surface area contributed by atoms with Crippen molar-refractivity contribution in [3.8, 4) is 0 Å². The van der Waals surface area contributed by atoms with Crippen LogP contribution in [0.25, 0.3) is 10.9 Å². The molecule has 2 aromatic rings. The summed E-state index contributed by atoms with van der Waals surface area (Å²) >= 11 is 0. The van der Waals surface area contributed by atoms with Crippen LogP contribution < -0.4 is 5.32 Å². The van der Waals surface area contributed by atoms with Gasteiger partial charge in [-0.3, -0.25) is 0 Å². The van der Waals surface area contributed by atoms with Crippen LogP contribution in [0.5, 0.6) is 0 Å². The fourth-order valence-electron chi connectivity index (χ4n) is 2.84. The van der Waals surface area contributed by atoms with Crippen LogP contribution in [0.15, 0.2) is 30.3 Å². The van der Waals surface area contributed by atoms with Crippen LogP contribution in [0, 0.1) is 0 Å². The van der Waals surface area contributed by atoms with E-state index in [1.54, 1.807) is 6.07 Å². The molecule has 1 aromatic carbocycles. The number of rotatable bonds is 4. The Morgan fingerprint density at radius 2 is 2.15 bits per heavy atom. The van der Waals surface area contributed by atoms with Gasteiger partial charge in [-0.2, -0.15) is 0 Å². The molecule has 2 N–H and O–H groups in total. The Bertz CT molecular complexity index is 657. The van der Waals surface area contributed by atoms with Gasteiger partial charge in [-0.25, -0.2) is 9.78 Å². The van der Waals surface area contributed by atoms with Crippen LogP contribution in [0.4, 0.5) is 5.69 Å². The number of anilines is 1. The Balaban J connectivity index is 2.10. The Hall–Kier alpha value is -2.10. The second kappa shape index (κ2) is 4.78. The van der Waals surface area contributed by atoms with Crippen LogP contribution in [0.2, 0.25) is 0 Å². The van der Waals surface area contributed by atoms with Crippen LogP contribution in [0.1, 0.15) is 43.1 Å². The zero-order valence-corrected chi connectivity index (χ0v) is 11.5. The first-order chi connectivity index (χ1) is 9.63. The number of benzene rings is 1. The molecule has 1 aliphatic carbocycles. The SMILES string of the molecule is CCC1(Nc2cc(C(=O)O)nc3ccccc23)CCC1. The van der Waals surface area contributed by atoms with Gasteiger partial charge in [-0.15, -0.1) is 0 Å². The Morgan fingerprint density at radius 3 is 2.75 bits per heavy atom. The average molecular weight is 270 g/mol. The minimum atomic E-state index is -0.988. The van der Waals surface area contributed by atoms with Crippen molar-refractivity contribution in [2.45, 2.75) is 38.1 Å². The Morgan fingerprint density at radius 1 is 1.40 bits per heavy atom. The first kappa shape index (κ1) is 12.9. The van der Waals surface area contributed by atoms with Gasteiger partial charge in [0.1, 0.15) is 0 Å². The molecule has 0 radical (unpaired) electrons. The van der Waals surface area contributed by atoms with E-state index in [0.29, 0.717) is 0 Å². The summed E-state index contributed by atoms with van der Waals surface area (Å²) in [5.41, 5.74) is 1.83. The van der Waals surface area contributed by atoms with Crippen LogP contribution >= 0.6 is 0 Å². The normalized spacial score (nSPS) is 16.6. The highest BCUT2D eigenvalue weighted by atomic mass is 16.4. The molecule has 0 atom stereocenters. The molecule has 3 rings (SSSR count). The second-order valence-corrected chi connectivity index (χ2v) is 5.49. The molecule has 0 unspecified atom stereocenters. The lowest BCUT2D eigenvalue weighted by Gasteiger charge is -2.43. The highest BCUT2D eigenvalue weighted by Crippen LogP contribution is 2.39. The number of hydrogen-bond acceptors (Lipinski definition) is 3. The summed E-state index contributed by atoms with van der Waals surface area (Å²) in [7, 11) is 0. The maximum Gasteiger partial charge on any atom is 0.354 e. The van der Waals surface area contributed by atoms with E-state index < -0.39 is 5.97 Å². The maximum atomic E-state index is 11.2. The van der Waals surface area contributed by atoms with Gasteiger partial charge in [0.05, 0.1) is 5.52 Å². The lowest BCUT2D eigenvalue weighted by atomic mass is 9.74. The molecule has 0 bridgehead atoms. The number of carbonyl (C=O) groups is 1. The number of hydrogen-bond donors (Lipinski definition) is 2. The van der Waals surface area contributed by atoms with Crippen molar-refractivity contribution in [3.63, 3.8) is 0 Å². The van der Waals surface area contributed by atoms with Crippen molar-refractivity contribution in [3.05, 3.63) is 36.0 Å². The fraction of sp³-hybridized carbons (Fsp3) is 0.375. The van der Waals surface area contributed by atoms with Crippen molar-refractivity contribution in [1.29, 1.82) is 0 Å². The first-order valence-corrected chi connectivity index (χ1v) is 7.05. The molecule has 104 valence electrons. The molecule has 4 heteroatoms. The number of carboxylic acids is 1. The highest BCUT2D eigenvalue weighted by molar-refractivity contribution is 5.97. The van der Waals surface area contributed by atoms with Crippen LogP contribution in [-0.4, -0.2) is 21.6 Å². The minimum Gasteiger partial charge on any atom is -0.477 e. The molecule has 1 heterocycles. The second-order valence-electron chi connectivity index (χ2n) is 5.49. The molecular formula is C16H18N2O2. The van der Waals surface area contributed by atoms with Crippen LogP contribution in [0.3, 0.4) is 0 Å². The van der Waals surface area contributed by atoms with Crippen LogP contribution in [-0.2, 0) is 0 Å². The maximum absolute atomic E-state index is 11.2. The number of carboxylic acid groups (broad SMARTS) is 1. The zero-order chi connectivity index (χ0) is 14.2. The molecular weight excluding hydrogens is 252 g/mol. The molecule has 1 aromatic heterocycles. The van der Waals surface area contributed by atoms with Crippen molar-refractivity contribution in [2.24, 2.45) is 0 Å². The van der Waals surface area contributed by atoms with E-state index >= 15 is 0 Å². The third-order valence-electron chi connectivity index (χ3n) is 4.32. The topological polar surface area (TPSA) is 62.2 Å². The monoisotopic (exact) mass is 270 g/mol. The molecule has 1 saturated carbocycles. The number of nitrogens with zero attached hydrogens (tertiary/aromatic N) is 1. The van der Waals surface area contributed by atoms with Gasteiger partial charge in [0.15, 0.2) is 5.69 Å². The van der Waals surface area contributed by atoms with E-state index in [2.05, 4.69) is 17.2 Å². The lowest BCUT2D eigenvalue weighted by molar-refractivity contribution is 0.0691. The molecule has 4 nitrogen and oxygen atoms in total. The number of para-hydroxylation sites is 1. The fourth-order valence-corrected chi connectivity index (χ4v) is 2.84. The molecule has 0 spiro atoms. The van der Waals surface area contributed by atoms with Gasteiger partial charge < -0.3 is 10.4 Å². The van der Waals surface area contributed by atoms with E-state index in [0.717, 1.165) is 35.9 Å². The molecule has 0 aliphatic heterocycles. The third-order valence-corrected chi connectivity index (χ3v) is 4.32. The van der Waals surface area contributed by atoms with Gasteiger partial charge in [-0.1, -0.05) is 25.1 Å². The third kappa shape index (κ3) is 2.11. The van der Waals surface area contributed by atoms with Gasteiger partial charge in [0.25, 0.3) is 0 Å². The van der Waals surface area contributed by atoms with Gasteiger partial charge in [0.2, 0.25) is 0 Å². The summed E-state index contributed by atoms with van der Waals surface area (Å²) in [6, 6.07) is 9.32. The smallest absolute Gasteiger partial charge is 0.354 e. The predicted octanol–water partition coefficient (Wildman–Crippen LogP) is 3.68. The van der Waals surface area contributed by atoms with E-state index in [9.17, 15) is 9.90 Å². The number of aromatic nitrogens is 1. The van der Waals surface area contributed by atoms with E-state index in [1.807, 2.05) is 24.3 Å². The first-order valence-electron chi connectivity index (χ1n) is 7.05. The van der Waals surface area contributed by atoms with Crippen molar-refractivity contribution in [2.75, 3.05) is 5.32 Å². The molecule has 20 heavy (non-hydrogen) atoms. The summed E-state index contributed by atoms with van der Waals surface area (Å²) in [4.78, 5) is 15.4. The summed E-state index contributed by atoms with van der Waals surface area (Å²) in [5, 5.41) is 13.8. The molecule has 0 amide bonds. The number of aromatic carboxylic acids is 1. The number of pyridine rings is 1. The quantitative estimate of drug-likeness (QED) is 0.889. The number of nitrogens with one attached hydrogen (secondary N) is 1. The molecule has 0 saturated heterocycles. The highest BCUT2D eigenvalue weighted by Gasteiger charge is 2.35. The van der Waals surface area contributed by atoms with E-state index in [-0.39, 0.29) is 11.2 Å². The lowest BCUT2D eigenvalue weighted by Crippen LogP contribution is -2.44. The zero-order valence-electron chi connectivity index (χ0n) is 11.5. The summed E-state index contributed by atoms with van der Waals surface area (Å²) in [6.45, 7) is 2.17. The summed E-state index contributed by atoms with van der Waals surface area (Å²) in [5.74, 6) is -0.988. The van der Waals surface area contributed by atoms with Gasteiger partial charge in [0, 0.05) is 16.6 Å². The van der Waals surface area contributed by atoms with E-state index in [4.69, 9.17) is 0 Å². The Labute approximate surface area is 117 Å².